The van der Waals surface area contributed by atoms with Crippen LogP contribution in [0.15, 0.2) is 53.4 Å². The third-order valence-corrected chi connectivity index (χ3v) is 4.91. The van der Waals surface area contributed by atoms with E-state index in [1.54, 1.807) is 49.6 Å². The lowest BCUT2D eigenvalue weighted by atomic mass is 10.1. The molecule has 7 nitrogen and oxygen atoms in total. The quantitative estimate of drug-likeness (QED) is 0.409. The molecule has 0 saturated carbocycles. The molecule has 3 amide bonds. The maximum atomic E-state index is 12.8. The van der Waals surface area contributed by atoms with Gasteiger partial charge < -0.3 is 20.7 Å². The summed E-state index contributed by atoms with van der Waals surface area (Å²) in [7, 11) is 1.57. The number of amides is 3. The Labute approximate surface area is 174 Å². The Kier molecular flexibility index (Phi) is 9.20. The average molecular weight is 416 g/mol. The van der Waals surface area contributed by atoms with Crippen molar-refractivity contribution >= 4 is 35.2 Å². The first-order chi connectivity index (χ1) is 14.0. The van der Waals surface area contributed by atoms with Gasteiger partial charge in [-0.2, -0.15) is 0 Å². The number of anilines is 1. The summed E-state index contributed by atoms with van der Waals surface area (Å²) in [5, 5.41) is 8.29. The molecule has 3 N–H and O–H groups in total. The van der Waals surface area contributed by atoms with Crippen LogP contribution in [0.2, 0.25) is 0 Å². The van der Waals surface area contributed by atoms with E-state index in [-0.39, 0.29) is 23.5 Å². The minimum absolute atomic E-state index is 0.128. The van der Waals surface area contributed by atoms with E-state index in [2.05, 4.69) is 16.0 Å². The van der Waals surface area contributed by atoms with Gasteiger partial charge in [0.1, 0.15) is 0 Å². The molecule has 0 bridgehead atoms. The van der Waals surface area contributed by atoms with Crippen LogP contribution in [-0.2, 0) is 9.53 Å². The number of hydrogen-bond donors (Lipinski definition) is 3. The summed E-state index contributed by atoms with van der Waals surface area (Å²) in [6.45, 7) is 3.26. The van der Waals surface area contributed by atoms with Gasteiger partial charge in [-0.15, -0.1) is 11.8 Å². The van der Waals surface area contributed by atoms with Crippen LogP contribution in [0.25, 0.3) is 0 Å². The molecule has 2 rings (SSSR count). The fourth-order valence-electron chi connectivity index (χ4n) is 2.47. The van der Waals surface area contributed by atoms with Crippen LogP contribution in [0.5, 0.6) is 0 Å². The minimum Gasteiger partial charge on any atom is -0.383 e. The number of rotatable bonds is 10. The Hall–Kier alpha value is -2.84. The summed E-state index contributed by atoms with van der Waals surface area (Å²) >= 11 is 1.29. The van der Waals surface area contributed by atoms with Crippen LogP contribution in [0.4, 0.5) is 5.69 Å². The molecule has 0 spiro atoms. The van der Waals surface area contributed by atoms with Gasteiger partial charge in [0.05, 0.1) is 17.9 Å². The highest BCUT2D eigenvalue weighted by Gasteiger charge is 2.14. The van der Waals surface area contributed by atoms with Crippen molar-refractivity contribution < 1.29 is 19.1 Å². The lowest BCUT2D eigenvalue weighted by molar-refractivity contribution is -0.118. The molecule has 0 atom stereocenters. The predicted octanol–water partition coefficient (Wildman–Crippen LogP) is 2.54. The second-order valence-corrected chi connectivity index (χ2v) is 7.04. The van der Waals surface area contributed by atoms with E-state index in [9.17, 15) is 14.4 Å². The Morgan fingerprint density at radius 2 is 1.79 bits per heavy atom. The molecule has 0 fully saturated rings. The second-order valence-electron chi connectivity index (χ2n) is 6.02. The molecule has 8 heteroatoms. The first kappa shape index (κ1) is 22.4. The summed E-state index contributed by atoms with van der Waals surface area (Å²) in [6, 6.07) is 13.8. The Morgan fingerprint density at radius 3 is 2.55 bits per heavy atom. The molecular weight excluding hydrogens is 390 g/mol. The van der Waals surface area contributed by atoms with Gasteiger partial charge in [-0.1, -0.05) is 18.2 Å². The van der Waals surface area contributed by atoms with E-state index in [0.29, 0.717) is 41.4 Å². The molecule has 2 aromatic rings. The van der Waals surface area contributed by atoms with E-state index in [1.165, 1.54) is 11.8 Å². The number of nitrogens with one attached hydrogen (secondary N) is 3. The number of methoxy groups -OCH3 is 1. The third-order valence-electron chi connectivity index (χ3n) is 3.84. The fraction of sp³-hybridized carbons (Fsp3) is 0.286. The molecular formula is C21H25N3O4S. The van der Waals surface area contributed by atoms with Gasteiger partial charge in [-0.3, -0.25) is 14.4 Å². The zero-order valence-corrected chi connectivity index (χ0v) is 17.3. The lowest BCUT2D eigenvalue weighted by Gasteiger charge is -2.11. The third kappa shape index (κ3) is 7.24. The second kappa shape index (κ2) is 11.9. The summed E-state index contributed by atoms with van der Waals surface area (Å²) in [4.78, 5) is 37.3. The molecule has 0 radical (unpaired) electrons. The predicted molar refractivity (Wildman–Crippen MR) is 114 cm³/mol. The van der Waals surface area contributed by atoms with Gasteiger partial charge in [0.25, 0.3) is 11.8 Å². The molecule has 0 unspecified atom stereocenters. The molecule has 0 aliphatic carbocycles. The molecule has 154 valence electrons. The van der Waals surface area contributed by atoms with Crippen LogP contribution in [0, 0.1) is 0 Å². The first-order valence-electron chi connectivity index (χ1n) is 9.22. The van der Waals surface area contributed by atoms with Gasteiger partial charge in [0.2, 0.25) is 5.91 Å². The highest BCUT2D eigenvalue weighted by atomic mass is 32.2. The van der Waals surface area contributed by atoms with Crippen LogP contribution < -0.4 is 16.0 Å². The zero-order chi connectivity index (χ0) is 21.1. The Bertz CT molecular complexity index is 857. The van der Waals surface area contributed by atoms with E-state index in [4.69, 9.17) is 4.74 Å². The number of ether oxygens (including phenoxy) is 1. The first-order valence-corrected chi connectivity index (χ1v) is 10.2. The van der Waals surface area contributed by atoms with Crippen LogP contribution in [0.3, 0.4) is 0 Å². The normalized spacial score (nSPS) is 10.3. The maximum Gasteiger partial charge on any atom is 0.256 e. The maximum absolute atomic E-state index is 12.8. The van der Waals surface area contributed by atoms with Gasteiger partial charge in [-0.25, -0.2) is 0 Å². The number of thioether (sulfide) groups is 1. The summed E-state index contributed by atoms with van der Waals surface area (Å²) in [6.07, 6.45) is 0. The van der Waals surface area contributed by atoms with Gasteiger partial charge in [0, 0.05) is 36.3 Å². The van der Waals surface area contributed by atoms with Crippen LogP contribution >= 0.6 is 11.8 Å². The molecule has 0 saturated heterocycles. The molecule has 0 heterocycles. The topological polar surface area (TPSA) is 96.5 Å². The number of benzene rings is 2. The van der Waals surface area contributed by atoms with Crippen molar-refractivity contribution in [2.45, 2.75) is 11.8 Å². The highest BCUT2D eigenvalue weighted by Crippen LogP contribution is 2.23. The minimum atomic E-state index is -0.305. The summed E-state index contributed by atoms with van der Waals surface area (Å²) in [5.41, 5.74) is 1.46. The standard InChI is InChI=1S/C21H25N3O4S/c1-3-22-20(26)15-7-6-8-16(13-15)24-21(27)17-9-4-5-10-18(17)29-14-19(25)23-11-12-28-2/h4-10,13H,3,11-12,14H2,1-2H3,(H,22,26)(H,23,25)(H,24,27). The van der Waals surface area contributed by atoms with Crippen molar-refractivity contribution in [1.82, 2.24) is 10.6 Å². The van der Waals surface area contributed by atoms with Crippen molar-refractivity contribution in [2.75, 3.05) is 37.9 Å². The summed E-state index contributed by atoms with van der Waals surface area (Å²) in [5.74, 6) is -0.433. The van der Waals surface area contributed by atoms with Crippen molar-refractivity contribution in [1.29, 1.82) is 0 Å². The average Bonchev–Trinajstić information content (AvgIpc) is 2.73. The summed E-state index contributed by atoms with van der Waals surface area (Å²) < 4.78 is 4.90. The molecule has 2 aromatic carbocycles. The molecule has 29 heavy (non-hydrogen) atoms. The van der Waals surface area contributed by atoms with Crippen molar-refractivity contribution in [2.24, 2.45) is 0 Å². The Morgan fingerprint density at radius 1 is 1.00 bits per heavy atom. The van der Waals surface area contributed by atoms with Crippen molar-refractivity contribution in [3.8, 4) is 0 Å². The lowest BCUT2D eigenvalue weighted by Crippen LogP contribution is -2.28. The van der Waals surface area contributed by atoms with Crippen molar-refractivity contribution in [3.63, 3.8) is 0 Å². The number of carbonyl (C=O) groups excluding carboxylic acids is 3. The monoisotopic (exact) mass is 415 g/mol. The SMILES string of the molecule is CCNC(=O)c1cccc(NC(=O)c2ccccc2SCC(=O)NCCOC)c1. The highest BCUT2D eigenvalue weighted by molar-refractivity contribution is 8.00. The van der Waals surface area contributed by atoms with Crippen LogP contribution in [0.1, 0.15) is 27.6 Å². The van der Waals surface area contributed by atoms with Crippen LogP contribution in [-0.4, -0.2) is 50.3 Å². The fourth-order valence-corrected chi connectivity index (χ4v) is 3.35. The molecule has 0 aliphatic heterocycles. The number of hydrogen-bond acceptors (Lipinski definition) is 5. The smallest absolute Gasteiger partial charge is 0.256 e. The van der Waals surface area contributed by atoms with Gasteiger partial charge >= 0.3 is 0 Å². The molecule has 0 aliphatic rings. The molecule has 0 aromatic heterocycles. The van der Waals surface area contributed by atoms with Gasteiger partial charge in [-0.05, 0) is 37.3 Å². The largest absolute Gasteiger partial charge is 0.383 e. The van der Waals surface area contributed by atoms with E-state index >= 15 is 0 Å². The van der Waals surface area contributed by atoms with Gasteiger partial charge in [0.15, 0.2) is 0 Å². The van der Waals surface area contributed by atoms with E-state index in [0.717, 1.165) is 0 Å². The zero-order valence-electron chi connectivity index (χ0n) is 16.5. The van der Waals surface area contributed by atoms with Crippen molar-refractivity contribution in [3.05, 3.63) is 59.7 Å². The van der Waals surface area contributed by atoms with E-state index in [1.807, 2.05) is 13.0 Å². The number of carbonyl (C=O) groups is 3. The Balaban J connectivity index is 2.04. The van der Waals surface area contributed by atoms with E-state index < -0.39 is 0 Å².